The van der Waals surface area contributed by atoms with Crippen molar-refractivity contribution in [2.24, 2.45) is 5.10 Å². The Bertz CT molecular complexity index is 969. The summed E-state index contributed by atoms with van der Waals surface area (Å²) in [6.45, 7) is 0. The summed E-state index contributed by atoms with van der Waals surface area (Å²) >= 11 is 3.63. The van der Waals surface area contributed by atoms with Crippen LogP contribution < -0.4 is 14.2 Å². The number of hydrogen-bond acceptors (Lipinski definition) is 5. The second-order valence-electron chi connectivity index (χ2n) is 7.97. The molecule has 0 aromatic heterocycles. The van der Waals surface area contributed by atoms with Crippen molar-refractivity contribution in [3.8, 4) is 17.2 Å². The molecule has 2 heterocycles. The number of rotatable bonds is 3. The SMILES string of the molecule is COc1ccc(C2=NN3[C@H](C2)c2cc(Br)ccc2OC32CCCCC2)cc1OC. The molecule has 152 valence electrons. The average Bonchev–Trinajstić information content (AvgIpc) is 3.21. The van der Waals surface area contributed by atoms with Gasteiger partial charge in [0, 0.05) is 34.9 Å². The van der Waals surface area contributed by atoms with E-state index in [0.717, 1.165) is 52.3 Å². The molecule has 5 nitrogen and oxygen atoms in total. The lowest BCUT2D eigenvalue weighted by Gasteiger charge is -2.49. The molecular weight excluding hydrogens is 432 g/mol. The van der Waals surface area contributed by atoms with E-state index in [-0.39, 0.29) is 11.8 Å². The Hall–Kier alpha value is -2.21. The van der Waals surface area contributed by atoms with E-state index < -0.39 is 0 Å². The minimum atomic E-state index is -0.331. The molecule has 0 N–H and O–H groups in total. The number of halogens is 1. The minimum absolute atomic E-state index is 0.192. The highest BCUT2D eigenvalue weighted by Gasteiger charge is 2.50. The van der Waals surface area contributed by atoms with E-state index in [1.165, 1.54) is 24.8 Å². The monoisotopic (exact) mass is 456 g/mol. The van der Waals surface area contributed by atoms with Crippen molar-refractivity contribution in [2.45, 2.75) is 50.3 Å². The number of ether oxygens (including phenoxy) is 3. The molecule has 0 unspecified atom stereocenters. The Morgan fingerprint density at radius 3 is 2.59 bits per heavy atom. The van der Waals surface area contributed by atoms with Crippen LogP contribution in [0.1, 0.15) is 55.7 Å². The minimum Gasteiger partial charge on any atom is -0.493 e. The molecule has 1 saturated carbocycles. The van der Waals surface area contributed by atoms with Gasteiger partial charge < -0.3 is 14.2 Å². The van der Waals surface area contributed by atoms with Gasteiger partial charge in [-0.1, -0.05) is 22.4 Å². The van der Waals surface area contributed by atoms with Gasteiger partial charge >= 0.3 is 0 Å². The number of hydrazone groups is 1. The van der Waals surface area contributed by atoms with Gasteiger partial charge in [0.15, 0.2) is 17.2 Å². The Kier molecular flexibility index (Phi) is 4.69. The highest BCUT2D eigenvalue weighted by molar-refractivity contribution is 9.10. The van der Waals surface area contributed by atoms with Crippen molar-refractivity contribution in [2.75, 3.05) is 14.2 Å². The Morgan fingerprint density at radius 2 is 1.83 bits per heavy atom. The molecule has 0 amide bonds. The zero-order chi connectivity index (χ0) is 20.0. The van der Waals surface area contributed by atoms with Gasteiger partial charge in [-0.25, -0.2) is 5.01 Å². The second kappa shape index (κ2) is 7.24. The number of methoxy groups -OCH3 is 2. The fourth-order valence-corrected chi connectivity index (χ4v) is 5.26. The van der Waals surface area contributed by atoms with E-state index in [1.54, 1.807) is 14.2 Å². The summed E-state index contributed by atoms with van der Waals surface area (Å²) in [6, 6.07) is 12.6. The molecule has 1 spiro atoms. The van der Waals surface area contributed by atoms with Crippen LogP contribution in [0.15, 0.2) is 46.0 Å². The van der Waals surface area contributed by atoms with Crippen LogP contribution >= 0.6 is 15.9 Å². The molecule has 0 saturated heterocycles. The van der Waals surface area contributed by atoms with Crippen LogP contribution in [-0.2, 0) is 0 Å². The van der Waals surface area contributed by atoms with Crippen LogP contribution in [0.25, 0.3) is 0 Å². The summed E-state index contributed by atoms with van der Waals surface area (Å²) in [5, 5.41) is 7.39. The molecule has 1 atom stereocenters. The number of benzene rings is 2. The lowest BCUT2D eigenvalue weighted by molar-refractivity contribution is -0.140. The van der Waals surface area contributed by atoms with Crippen LogP contribution in [0, 0.1) is 0 Å². The maximum atomic E-state index is 6.65. The zero-order valence-corrected chi connectivity index (χ0v) is 18.4. The van der Waals surface area contributed by atoms with E-state index in [4.69, 9.17) is 19.3 Å². The number of nitrogens with zero attached hydrogens (tertiary/aromatic N) is 2. The van der Waals surface area contributed by atoms with Gasteiger partial charge in [-0.15, -0.1) is 0 Å². The predicted molar refractivity (Wildman–Crippen MR) is 116 cm³/mol. The summed E-state index contributed by atoms with van der Waals surface area (Å²) in [6.07, 6.45) is 6.50. The van der Waals surface area contributed by atoms with E-state index in [2.05, 4.69) is 45.2 Å². The Morgan fingerprint density at radius 1 is 1.03 bits per heavy atom. The average molecular weight is 457 g/mol. The highest BCUT2D eigenvalue weighted by atomic mass is 79.9. The van der Waals surface area contributed by atoms with Crippen molar-refractivity contribution in [3.05, 3.63) is 52.0 Å². The smallest absolute Gasteiger partial charge is 0.198 e. The van der Waals surface area contributed by atoms with Gasteiger partial charge in [0.05, 0.1) is 26.0 Å². The summed E-state index contributed by atoms with van der Waals surface area (Å²) in [5.41, 5.74) is 3.01. The van der Waals surface area contributed by atoms with Crippen LogP contribution in [-0.4, -0.2) is 30.7 Å². The predicted octanol–water partition coefficient (Wildman–Crippen LogP) is 5.67. The highest BCUT2D eigenvalue weighted by Crippen LogP contribution is 2.51. The molecule has 0 radical (unpaired) electrons. The van der Waals surface area contributed by atoms with Gasteiger partial charge in [0.25, 0.3) is 0 Å². The van der Waals surface area contributed by atoms with Crippen molar-refractivity contribution in [1.82, 2.24) is 5.01 Å². The number of hydrogen-bond donors (Lipinski definition) is 0. The lowest BCUT2D eigenvalue weighted by atomic mass is 9.86. The first-order chi connectivity index (χ1) is 14.1. The quantitative estimate of drug-likeness (QED) is 0.596. The molecule has 6 heteroatoms. The van der Waals surface area contributed by atoms with Crippen LogP contribution in [0.4, 0.5) is 0 Å². The van der Waals surface area contributed by atoms with Crippen molar-refractivity contribution in [3.63, 3.8) is 0 Å². The fraction of sp³-hybridized carbons (Fsp3) is 0.435. The molecule has 2 aromatic rings. The molecular formula is C23H25BrN2O3. The number of fused-ring (bicyclic) bond motifs is 4. The first-order valence-corrected chi connectivity index (χ1v) is 11.0. The van der Waals surface area contributed by atoms with E-state index in [1.807, 2.05) is 12.1 Å². The van der Waals surface area contributed by atoms with Gasteiger partial charge in [-0.05, 0) is 49.2 Å². The van der Waals surface area contributed by atoms with E-state index >= 15 is 0 Å². The normalized spacial score (nSPS) is 21.8. The van der Waals surface area contributed by atoms with Crippen LogP contribution in [0.5, 0.6) is 17.2 Å². The van der Waals surface area contributed by atoms with Crippen LogP contribution in [0.2, 0.25) is 0 Å². The second-order valence-corrected chi connectivity index (χ2v) is 8.89. The van der Waals surface area contributed by atoms with Crippen molar-refractivity contribution in [1.29, 1.82) is 0 Å². The summed E-state index contributed by atoms with van der Waals surface area (Å²) < 4.78 is 18.6. The lowest BCUT2D eigenvalue weighted by Crippen LogP contribution is -2.54. The summed E-state index contributed by atoms with van der Waals surface area (Å²) in [4.78, 5) is 0. The molecule has 1 aliphatic carbocycles. The molecule has 1 fully saturated rings. The van der Waals surface area contributed by atoms with Gasteiger partial charge in [0.1, 0.15) is 5.75 Å². The standard InChI is InChI=1S/C23H25BrN2O3/c1-27-21-8-6-15(12-22(21)28-2)18-14-19-17-13-16(24)7-9-20(17)29-23(26(19)25-18)10-4-3-5-11-23/h6-9,12-13,19H,3-5,10-11,14H2,1-2H3/t19-/m1/s1. The summed E-state index contributed by atoms with van der Waals surface area (Å²) in [7, 11) is 3.32. The third-order valence-corrected chi connectivity index (χ3v) is 6.80. The topological polar surface area (TPSA) is 43.3 Å². The largest absolute Gasteiger partial charge is 0.493 e. The maximum Gasteiger partial charge on any atom is 0.198 e. The molecule has 5 rings (SSSR count). The van der Waals surface area contributed by atoms with Gasteiger partial charge in [0.2, 0.25) is 0 Å². The van der Waals surface area contributed by atoms with Crippen molar-refractivity contribution >= 4 is 21.6 Å². The first kappa shape index (κ1) is 18.8. The molecule has 3 aliphatic rings. The summed E-state index contributed by atoms with van der Waals surface area (Å²) in [5.74, 6) is 2.46. The van der Waals surface area contributed by atoms with Crippen LogP contribution in [0.3, 0.4) is 0 Å². The zero-order valence-electron chi connectivity index (χ0n) is 16.8. The van der Waals surface area contributed by atoms with Gasteiger partial charge in [-0.3, -0.25) is 0 Å². The van der Waals surface area contributed by atoms with Crippen molar-refractivity contribution < 1.29 is 14.2 Å². The molecule has 29 heavy (non-hydrogen) atoms. The van der Waals surface area contributed by atoms with E-state index in [0.29, 0.717) is 0 Å². The molecule has 2 aliphatic heterocycles. The van der Waals surface area contributed by atoms with Gasteiger partial charge in [-0.2, -0.15) is 5.10 Å². The Balaban J connectivity index is 1.58. The van der Waals surface area contributed by atoms with E-state index in [9.17, 15) is 0 Å². The molecule has 0 bridgehead atoms. The maximum absolute atomic E-state index is 6.65. The Labute approximate surface area is 179 Å². The molecule has 2 aromatic carbocycles. The third kappa shape index (κ3) is 3.08. The fourth-order valence-electron chi connectivity index (χ4n) is 4.88. The first-order valence-electron chi connectivity index (χ1n) is 10.2. The third-order valence-electron chi connectivity index (χ3n) is 6.31.